The quantitative estimate of drug-likeness (QED) is 0.556. The molecule has 0 aliphatic carbocycles. The maximum Gasteiger partial charge on any atom is 2.00 e. The first kappa shape index (κ1) is 16.0. The molecule has 0 radical (unpaired) electrons. The van der Waals surface area contributed by atoms with Crippen LogP contribution in [0.3, 0.4) is 0 Å². The minimum atomic E-state index is 0. The Bertz CT molecular complexity index is 3.61. The zero-order valence-corrected chi connectivity index (χ0v) is 5.56. The zero-order chi connectivity index (χ0) is 2.71. The van der Waals surface area contributed by atoms with Crippen molar-refractivity contribution in [2.24, 2.45) is 0 Å². The second-order valence-corrected chi connectivity index (χ2v) is 0.577. The summed E-state index contributed by atoms with van der Waals surface area (Å²) in [7, 11) is 0. The number of hydrogen-bond acceptors (Lipinski definition) is 0. The van der Waals surface area contributed by atoms with Crippen LogP contribution in [-0.4, -0.2) is 0 Å². The second kappa shape index (κ2) is 17.8. The predicted molar refractivity (Wildman–Crippen MR) is 22.1 cm³/mol. The van der Waals surface area contributed by atoms with Gasteiger partial charge >= 0.3 is 46.9 Å². The first-order valence-electron chi connectivity index (χ1n) is 1.15. The molecule has 0 rings (SSSR count). The molecule has 0 spiro atoms. The van der Waals surface area contributed by atoms with E-state index in [4.69, 9.17) is 0 Å². The zero-order valence-electron chi connectivity index (χ0n) is 3.84. The summed E-state index contributed by atoms with van der Waals surface area (Å²) in [6, 6.07) is 0. The maximum absolute atomic E-state index is 2.00. The summed E-state index contributed by atoms with van der Waals surface area (Å²) in [5.74, 6) is 0. The van der Waals surface area contributed by atoms with Crippen LogP contribution < -0.4 is 0 Å². The van der Waals surface area contributed by atoms with Crippen LogP contribution in [-0.2, 0) is 0 Å². The van der Waals surface area contributed by atoms with Gasteiger partial charge in [-0.25, -0.2) is 0 Å². The van der Waals surface area contributed by atoms with Crippen molar-refractivity contribution < 1.29 is 46.9 Å². The van der Waals surface area contributed by atoms with Crippen LogP contribution >= 0.6 is 0 Å². The third-order valence-electron chi connectivity index (χ3n) is 0. The Balaban J connectivity index is -0.0000000200. The van der Waals surface area contributed by atoms with Crippen LogP contribution in [0.1, 0.15) is 13.8 Å². The Kier molecular flexibility index (Phi) is 57.0. The SMILES string of the molecule is C[CH-]C.[CH3-].[Yb+2]. The minimum absolute atomic E-state index is 0. The van der Waals surface area contributed by atoms with Crippen LogP contribution in [0.2, 0.25) is 0 Å². The average molecular weight is 231 g/mol. The summed E-state index contributed by atoms with van der Waals surface area (Å²) in [6.45, 7) is 4.00. The molecule has 0 aromatic carbocycles. The molecule has 0 N–H and O–H groups in total. The summed E-state index contributed by atoms with van der Waals surface area (Å²) < 4.78 is 0. The van der Waals surface area contributed by atoms with E-state index in [1.165, 1.54) is 0 Å². The largest absolute Gasteiger partial charge is 2.00 e. The van der Waals surface area contributed by atoms with E-state index in [-0.39, 0.29) is 54.4 Å². The molecule has 0 aromatic heterocycles. The van der Waals surface area contributed by atoms with E-state index in [0.29, 0.717) is 0 Å². The first-order valence-corrected chi connectivity index (χ1v) is 1.15. The second-order valence-electron chi connectivity index (χ2n) is 0.577. The van der Waals surface area contributed by atoms with E-state index in [1.54, 1.807) is 0 Å². The summed E-state index contributed by atoms with van der Waals surface area (Å²) in [4.78, 5) is 0. The summed E-state index contributed by atoms with van der Waals surface area (Å²) in [5.41, 5.74) is 0. The Morgan fingerprint density at radius 2 is 1.20 bits per heavy atom. The first-order chi connectivity index (χ1) is 1.41. The Morgan fingerprint density at radius 3 is 1.20 bits per heavy atom. The molecule has 0 unspecified atom stereocenters. The van der Waals surface area contributed by atoms with Gasteiger partial charge in [0, 0.05) is 0 Å². The Labute approximate surface area is 73.6 Å². The van der Waals surface area contributed by atoms with Gasteiger partial charge in [-0.1, -0.05) is 0 Å². The molecule has 0 atom stereocenters. The van der Waals surface area contributed by atoms with Crippen LogP contribution in [0.5, 0.6) is 0 Å². The summed E-state index contributed by atoms with van der Waals surface area (Å²) >= 11 is 0. The third-order valence-corrected chi connectivity index (χ3v) is 0. The van der Waals surface area contributed by atoms with Crippen molar-refractivity contribution in [3.05, 3.63) is 13.8 Å². The van der Waals surface area contributed by atoms with Crippen molar-refractivity contribution in [1.82, 2.24) is 0 Å². The molecule has 40 valence electrons. The van der Waals surface area contributed by atoms with E-state index in [9.17, 15) is 0 Å². The van der Waals surface area contributed by atoms with Crippen LogP contribution in [0.4, 0.5) is 0 Å². The van der Waals surface area contributed by atoms with Gasteiger partial charge in [0.25, 0.3) is 0 Å². The van der Waals surface area contributed by atoms with E-state index in [2.05, 4.69) is 0 Å². The van der Waals surface area contributed by atoms with Gasteiger partial charge in [-0.2, -0.15) is 13.8 Å². The molecule has 0 fully saturated rings. The van der Waals surface area contributed by atoms with Crippen LogP contribution in [0, 0.1) is 60.8 Å². The average Bonchev–Trinajstić information content (AvgIpc) is 0.918. The molecule has 0 saturated heterocycles. The van der Waals surface area contributed by atoms with Gasteiger partial charge in [-0.3, -0.25) is 0 Å². The van der Waals surface area contributed by atoms with E-state index in [1.807, 2.05) is 20.3 Å². The van der Waals surface area contributed by atoms with E-state index < -0.39 is 0 Å². The van der Waals surface area contributed by atoms with Crippen LogP contribution in [0.15, 0.2) is 0 Å². The fraction of sp³-hybridized carbons (Fsp3) is 0.500. The minimum Gasteiger partial charge on any atom is -0.358 e. The molecule has 1 heteroatoms. The number of hydrogen-bond donors (Lipinski definition) is 0. The smallest absolute Gasteiger partial charge is 0.358 e. The topological polar surface area (TPSA) is 0 Å². The van der Waals surface area contributed by atoms with Crippen molar-refractivity contribution in [1.29, 1.82) is 0 Å². The molecule has 0 amide bonds. The van der Waals surface area contributed by atoms with Gasteiger partial charge in [-0.05, 0) is 0 Å². The van der Waals surface area contributed by atoms with E-state index >= 15 is 0 Å². The molecule has 0 nitrogen and oxygen atoms in total. The molecule has 0 aliphatic heterocycles. The molecular formula is C4H10Yb. The van der Waals surface area contributed by atoms with Crippen LogP contribution in [0.25, 0.3) is 0 Å². The standard InChI is InChI=1S/C3H7.CH3.Yb/c1-3-2;;/h3H,1-2H3;1H3;/q2*-1;+2. The molecule has 0 aliphatic rings. The van der Waals surface area contributed by atoms with Crippen molar-refractivity contribution in [3.8, 4) is 0 Å². The van der Waals surface area contributed by atoms with Crippen molar-refractivity contribution in [3.63, 3.8) is 0 Å². The Hall–Kier alpha value is 1.52. The van der Waals surface area contributed by atoms with Gasteiger partial charge in [0.1, 0.15) is 0 Å². The fourth-order valence-electron chi connectivity index (χ4n) is 0. The molecule has 0 aromatic rings. The van der Waals surface area contributed by atoms with Gasteiger partial charge in [-0.15, -0.1) is 0 Å². The molecule has 5 heavy (non-hydrogen) atoms. The fourth-order valence-corrected chi connectivity index (χ4v) is 0. The van der Waals surface area contributed by atoms with Crippen molar-refractivity contribution in [2.45, 2.75) is 13.8 Å². The van der Waals surface area contributed by atoms with Gasteiger partial charge < -0.3 is 13.8 Å². The van der Waals surface area contributed by atoms with Gasteiger partial charge in [0.15, 0.2) is 0 Å². The number of rotatable bonds is 0. The van der Waals surface area contributed by atoms with Gasteiger partial charge in [0.2, 0.25) is 0 Å². The molecular weight excluding hydrogens is 221 g/mol. The Morgan fingerprint density at radius 1 is 1.20 bits per heavy atom. The van der Waals surface area contributed by atoms with Crippen molar-refractivity contribution in [2.75, 3.05) is 0 Å². The van der Waals surface area contributed by atoms with E-state index in [0.717, 1.165) is 0 Å². The monoisotopic (exact) mass is 232 g/mol. The third kappa shape index (κ3) is 29.6. The molecule has 0 saturated carbocycles. The molecule has 0 heterocycles. The van der Waals surface area contributed by atoms with Crippen molar-refractivity contribution >= 4 is 0 Å². The summed E-state index contributed by atoms with van der Waals surface area (Å²) in [6.07, 6.45) is 2.00. The van der Waals surface area contributed by atoms with Gasteiger partial charge in [0.05, 0.1) is 0 Å². The summed E-state index contributed by atoms with van der Waals surface area (Å²) in [5, 5.41) is 0. The normalized spacial score (nSPS) is 3.60. The maximum atomic E-state index is 2.00. The molecule has 0 bridgehead atoms. The predicted octanol–water partition coefficient (Wildman–Crippen LogP) is 1.68.